The molecule has 7 rings (SSSR count). The maximum absolute atomic E-state index is 15.4. The van der Waals surface area contributed by atoms with Gasteiger partial charge in [0, 0.05) is 55.4 Å². The van der Waals surface area contributed by atoms with Crippen molar-refractivity contribution in [1.82, 2.24) is 29.8 Å². The summed E-state index contributed by atoms with van der Waals surface area (Å²) < 4.78 is 22.7. The van der Waals surface area contributed by atoms with Crippen molar-refractivity contribution in [3.05, 3.63) is 71.9 Å². The summed E-state index contributed by atoms with van der Waals surface area (Å²) in [7, 11) is 3.80. The molecule has 2 aromatic carbocycles. The van der Waals surface area contributed by atoms with Crippen molar-refractivity contribution in [2.45, 2.75) is 46.1 Å². The van der Waals surface area contributed by atoms with E-state index >= 15 is 4.39 Å². The number of hydrogen-bond acceptors (Lipinski definition) is 6. The lowest BCUT2D eigenvalue weighted by Gasteiger charge is -2.57. The number of aromatic amines is 1. The van der Waals surface area contributed by atoms with Crippen LogP contribution in [-0.4, -0.2) is 82.8 Å². The molecule has 0 bridgehead atoms. The fourth-order valence-corrected chi connectivity index (χ4v) is 7.08. The van der Waals surface area contributed by atoms with E-state index < -0.39 is 5.82 Å². The van der Waals surface area contributed by atoms with Gasteiger partial charge in [-0.25, -0.2) is 4.39 Å². The number of nitrogens with zero attached hydrogens (tertiary/aromatic N) is 5. The molecule has 4 aromatic rings. The normalized spacial score (nSPS) is 17.3. The van der Waals surface area contributed by atoms with Gasteiger partial charge in [-0.2, -0.15) is 0 Å². The number of H-pyrrole nitrogens is 1. The number of benzene rings is 2. The number of ether oxygens (including phenoxy) is 1. The van der Waals surface area contributed by atoms with E-state index in [1.54, 1.807) is 30.3 Å². The Kier molecular flexibility index (Phi) is 10.1. The molecule has 4 heterocycles. The zero-order valence-electron chi connectivity index (χ0n) is 26.6. The van der Waals surface area contributed by atoms with Gasteiger partial charge in [-0.1, -0.05) is 43.3 Å². The van der Waals surface area contributed by atoms with Gasteiger partial charge in [0.1, 0.15) is 5.75 Å². The van der Waals surface area contributed by atoms with Gasteiger partial charge in [-0.05, 0) is 73.4 Å². The van der Waals surface area contributed by atoms with E-state index in [2.05, 4.69) is 41.1 Å². The van der Waals surface area contributed by atoms with Crippen molar-refractivity contribution in [1.29, 1.82) is 0 Å². The maximum atomic E-state index is 15.4. The van der Waals surface area contributed by atoms with Crippen molar-refractivity contribution in [3.63, 3.8) is 0 Å². The number of carbonyl (C=O) groups is 2. The summed E-state index contributed by atoms with van der Waals surface area (Å²) in [4.78, 5) is 29.4. The summed E-state index contributed by atoms with van der Waals surface area (Å²) in [5, 5.41) is 8.03. The average molecular weight is 615 g/mol. The largest absolute Gasteiger partial charge is 0.496 e. The number of hydrogen-bond donors (Lipinski definition) is 1. The molecule has 2 aromatic heterocycles. The van der Waals surface area contributed by atoms with Gasteiger partial charge >= 0.3 is 0 Å². The van der Waals surface area contributed by atoms with Crippen LogP contribution in [0.2, 0.25) is 0 Å². The van der Waals surface area contributed by atoms with Gasteiger partial charge in [-0.3, -0.25) is 14.3 Å². The minimum atomic E-state index is -0.430. The maximum Gasteiger partial charge on any atom is 0.210 e. The first-order chi connectivity index (χ1) is 21.8. The number of carbonyl (C=O) groups excluding carboxylic acids is 2. The molecule has 1 N–H and O–H groups in total. The van der Waals surface area contributed by atoms with Crippen LogP contribution in [0.25, 0.3) is 27.6 Å². The zero-order valence-corrected chi connectivity index (χ0v) is 26.6. The van der Waals surface area contributed by atoms with Crippen molar-refractivity contribution >= 4 is 29.2 Å². The summed E-state index contributed by atoms with van der Waals surface area (Å²) in [5.74, 6) is 1.25. The molecule has 0 radical (unpaired) electrons. The standard InChI is InChI=1S/C22H19FN2O3.C8H15N.C5H9N3/c1-28-20-7-3-2-6-16(20)18-10-17(14-5-4-8-25(11-14)13-27)21(23)22-19(18)9-15(12-26)24-22;1-7-3-8(4-7)5-9(2)6-8;1-2-4-8-5-3-6-7-8/h2-3,5-7,9-10,12-13,24H,4,8,11H2,1H3;7H,3-6H2,1-2H3;3,5H,2,4H2,1H3. The van der Waals surface area contributed by atoms with Gasteiger partial charge in [0.05, 0.1) is 24.5 Å². The third kappa shape index (κ3) is 7.17. The topological polar surface area (TPSA) is 96.3 Å². The van der Waals surface area contributed by atoms with Crippen molar-refractivity contribution < 1.29 is 18.7 Å². The highest BCUT2D eigenvalue weighted by Gasteiger charge is 2.49. The van der Waals surface area contributed by atoms with Gasteiger partial charge < -0.3 is 19.5 Å². The fourth-order valence-electron chi connectivity index (χ4n) is 7.08. The highest BCUT2D eigenvalue weighted by atomic mass is 19.1. The molecule has 2 aliphatic heterocycles. The molecule has 2 fully saturated rings. The van der Waals surface area contributed by atoms with Crippen LogP contribution in [0.5, 0.6) is 5.75 Å². The van der Waals surface area contributed by atoms with Crippen molar-refractivity contribution in [2.24, 2.45) is 11.3 Å². The first-order valence-electron chi connectivity index (χ1n) is 15.6. The summed E-state index contributed by atoms with van der Waals surface area (Å²) >= 11 is 0. The molecule has 0 unspecified atom stereocenters. The Labute approximate surface area is 264 Å². The van der Waals surface area contributed by atoms with Crippen LogP contribution in [0.15, 0.2) is 54.9 Å². The minimum absolute atomic E-state index is 0.268. The van der Waals surface area contributed by atoms with Crippen LogP contribution < -0.4 is 4.74 Å². The first-order valence-corrected chi connectivity index (χ1v) is 15.6. The lowest BCUT2D eigenvalue weighted by molar-refractivity contribution is -0.117. The fraction of sp³-hybridized carbons (Fsp3) is 0.429. The molecule has 3 aliphatic rings. The Morgan fingerprint density at radius 2 is 1.91 bits per heavy atom. The van der Waals surface area contributed by atoms with Crippen LogP contribution in [-0.2, 0) is 11.3 Å². The summed E-state index contributed by atoms with van der Waals surface area (Å²) in [6, 6.07) is 10.9. The molecule has 1 spiro atoms. The molecule has 1 aliphatic carbocycles. The quantitative estimate of drug-likeness (QED) is 0.254. The van der Waals surface area contributed by atoms with Crippen LogP contribution in [0.1, 0.15) is 55.6 Å². The number of methoxy groups -OCH3 is 1. The first kappa shape index (κ1) is 32.1. The van der Waals surface area contributed by atoms with E-state index in [4.69, 9.17) is 4.74 Å². The molecule has 1 amide bonds. The molecule has 238 valence electrons. The van der Waals surface area contributed by atoms with E-state index in [1.807, 2.05) is 41.2 Å². The summed E-state index contributed by atoms with van der Waals surface area (Å²) in [5.41, 5.74) is 4.11. The Bertz CT molecular complexity index is 1620. The number of rotatable bonds is 7. The van der Waals surface area contributed by atoms with Crippen LogP contribution in [0.3, 0.4) is 0 Å². The third-order valence-electron chi connectivity index (χ3n) is 8.77. The highest BCUT2D eigenvalue weighted by molar-refractivity contribution is 6.02. The number of aryl methyl sites for hydroxylation is 1. The average Bonchev–Trinajstić information content (AvgIpc) is 3.71. The number of aromatic nitrogens is 4. The third-order valence-corrected chi connectivity index (χ3v) is 8.77. The van der Waals surface area contributed by atoms with Crippen LogP contribution in [0.4, 0.5) is 4.39 Å². The molecule has 10 heteroatoms. The van der Waals surface area contributed by atoms with Crippen LogP contribution in [0, 0.1) is 17.2 Å². The van der Waals surface area contributed by atoms with E-state index in [-0.39, 0.29) is 5.52 Å². The van der Waals surface area contributed by atoms with Gasteiger partial charge in [0.25, 0.3) is 0 Å². The van der Waals surface area contributed by atoms with Crippen molar-refractivity contribution in [2.75, 3.05) is 40.3 Å². The molecule has 1 saturated carbocycles. The number of amides is 1. The predicted octanol–water partition coefficient (Wildman–Crippen LogP) is 6.08. The second-order valence-electron chi connectivity index (χ2n) is 12.6. The van der Waals surface area contributed by atoms with Crippen LogP contribution >= 0.6 is 0 Å². The van der Waals surface area contributed by atoms with E-state index in [0.717, 1.165) is 47.4 Å². The highest BCUT2D eigenvalue weighted by Crippen LogP contribution is 2.50. The smallest absolute Gasteiger partial charge is 0.210 e. The lowest BCUT2D eigenvalue weighted by Crippen LogP contribution is -2.60. The summed E-state index contributed by atoms with van der Waals surface area (Å²) in [6.45, 7) is 9.16. The second kappa shape index (κ2) is 14.2. The minimum Gasteiger partial charge on any atom is -0.496 e. The van der Waals surface area contributed by atoms with E-state index in [9.17, 15) is 9.59 Å². The second-order valence-corrected chi connectivity index (χ2v) is 12.6. The van der Waals surface area contributed by atoms with Gasteiger partial charge in [-0.15, -0.1) is 5.10 Å². The van der Waals surface area contributed by atoms with Gasteiger partial charge in [0.2, 0.25) is 6.41 Å². The molecular formula is C35H43FN6O3. The number of para-hydroxylation sites is 1. The number of likely N-dealkylation sites (tertiary alicyclic amines) is 1. The molecular weight excluding hydrogens is 571 g/mol. The number of halogens is 1. The van der Waals surface area contributed by atoms with Crippen molar-refractivity contribution in [3.8, 4) is 16.9 Å². The Balaban J connectivity index is 0.000000189. The number of nitrogens with one attached hydrogen (secondary N) is 1. The zero-order chi connectivity index (χ0) is 32.0. The van der Waals surface area contributed by atoms with Gasteiger partial charge in [0.15, 0.2) is 12.1 Å². The Morgan fingerprint density at radius 1 is 1.13 bits per heavy atom. The molecule has 9 nitrogen and oxygen atoms in total. The molecule has 45 heavy (non-hydrogen) atoms. The predicted molar refractivity (Wildman–Crippen MR) is 175 cm³/mol. The SMILES string of the molecule is CC1CC2(C1)CN(C)C2.CCCn1ccnn1.COc1ccccc1-c1cc(C2=CCCN(C=O)C2)c(F)c2[nH]c(C=O)cc12. The molecule has 1 saturated heterocycles. The Morgan fingerprint density at radius 3 is 2.53 bits per heavy atom. The monoisotopic (exact) mass is 614 g/mol. The molecule has 0 atom stereocenters. The Hall–Kier alpha value is -4.31. The van der Waals surface area contributed by atoms with E-state index in [0.29, 0.717) is 48.2 Å². The number of aldehydes is 1. The van der Waals surface area contributed by atoms with E-state index in [1.165, 1.54) is 25.9 Å². The summed E-state index contributed by atoms with van der Waals surface area (Å²) in [6.07, 6.45) is 11.7. The lowest BCUT2D eigenvalue weighted by atomic mass is 9.58. The number of fused-ring (bicyclic) bond motifs is 1.